The third-order valence-corrected chi connectivity index (χ3v) is 5.21. The Morgan fingerprint density at radius 1 is 1.17 bits per heavy atom. The van der Waals surface area contributed by atoms with E-state index in [0.717, 1.165) is 18.6 Å². The van der Waals surface area contributed by atoms with E-state index < -0.39 is 0 Å². The number of carbonyl (C=O) groups excluding carboxylic acids is 1. The molecule has 0 saturated heterocycles. The summed E-state index contributed by atoms with van der Waals surface area (Å²) in [4.78, 5) is 14.4. The highest BCUT2D eigenvalue weighted by Crippen LogP contribution is 2.29. The van der Waals surface area contributed by atoms with Gasteiger partial charge >= 0.3 is 0 Å². The van der Waals surface area contributed by atoms with Crippen LogP contribution in [0, 0.1) is 12.7 Å². The van der Waals surface area contributed by atoms with Crippen LogP contribution < -0.4 is 0 Å². The number of amides is 1. The van der Waals surface area contributed by atoms with Crippen molar-refractivity contribution in [2.45, 2.75) is 38.1 Å². The van der Waals surface area contributed by atoms with Gasteiger partial charge in [0.25, 0.3) is 0 Å². The first kappa shape index (κ1) is 17.0. The van der Waals surface area contributed by atoms with Crippen LogP contribution in [-0.2, 0) is 17.1 Å². The maximum atomic E-state index is 13.9. The maximum absolute atomic E-state index is 13.9. The van der Waals surface area contributed by atoms with Gasteiger partial charge in [-0.1, -0.05) is 48.0 Å². The predicted molar refractivity (Wildman–Crippen MR) is 97.3 cm³/mol. The van der Waals surface area contributed by atoms with E-state index in [1.54, 1.807) is 23.9 Å². The first-order chi connectivity index (χ1) is 11.6. The lowest BCUT2D eigenvalue weighted by atomic mass is 10.2. The Morgan fingerprint density at radius 3 is 2.54 bits per heavy atom. The zero-order valence-electron chi connectivity index (χ0n) is 13.9. The fourth-order valence-corrected chi connectivity index (χ4v) is 3.51. The van der Waals surface area contributed by atoms with Crippen LogP contribution in [0.15, 0.2) is 48.5 Å². The lowest BCUT2D eigenvalue weighted by Gasteiger charge is -2.22. The van der Waals surface area contributed by atoms with Gasteiger partial charge in [0.15, 0.2) is 0 Å². The van der Waals surface area contributed by atoms with E-state index in [9.17, 15) is 9.18 Å². The quantitative estimate of drug-likeness (QED) is 0.734. The lowest BCUT2D eigenvalue weighted by molar-refractivity contribution is -0.129. The normalized spacial score (nSPS) is 13.8. The van der Waals surface area contributed by atoms with E-state index >= 15 is 0 Å². The van der Waals surface area contributed by atoms with Crippen LogP contribution in [0.5, 0.6) is 0 Å². The maximum Gasteiger partial charge on any atom is 0.233 e. The van der Waals surface area contributed by atoms with Crippen molar-refractivity contribution in [1.82, 2.24) is 4.90 Å². The predicted octanol–water partition coefficient (Wildman–Crippen LogP) is 4.56. The van der Waals surface area contributed by atoms with Crippen LogP contribution in [0.1, 0.15) is 29.5 Å². The fourth-order valence-electron chi connectivity index (χ4n) is 2.64. The zero-order chi connectivity index (χ0) is 16.9. The number of benzene rings is 2. The second kappa shape index (κ2) is 7.84. The Kier molecular flexibility index (Phi) is 5.56. The average molecular weight is 343 g/mol. The molecule has 3 rings (SSSR count). The molecule has 126 valence electrons. The van der Waals surface area contributed by atoms with Crippen molar-refractivity contribution in [1.29, 1.82) is 0 Å². The van der Waals surface area contributed by atoms with Crippen molar-refractivity contribution in [3.05, 3.63) is 71.0 Å². The summed E-state index contributed by atoms with van der Waals surface area (Å²) in [6.45, 7) is 2.44. The molecule has 2 aromatic carbocycles. The summed E-state index contributed by atoms with van der Waals surface area (Å²) in [6, 6.07) is 15.4. The molecule has 0 aliphatic heterocycles. The zero-order valence-corrected chi connectivity index (χ0v) is 14.7. The largest absolute Gasteiger partial charge is 0.335 e. The summed E-state index contributed by atoms with van der Waals surface area (Å²) in [6.07, 6.45) is 2.06. The number of nitrogens with zero attached hydrogens (tertiary/aromatic N) is 1. The first-order valence-electron chi connectivity index (χ1n) is 8.29. The molecule has 1 aliphatic rings. The number of aryl methyl sites for hydroxylation is 1. The number of halogens is 1. The number of carbonyl (C=O) groups is 1. The standard InChI is InChI=1S/C20H22FNOS/c1-15-6-8-16(9-7-15)13-24-14-20(23)22(18-10-11-18)12-17-4-2-3-5-19(17)21/h2-9,18H,10-14H2,1H3. The van der Waals surface area contributed by atoms with Crippen LogP contribution in [-0.4, -0.2) is 22.6 Å². The summed E-state index contributed by atoms with van der Waals surface area (Å²) in [5, 5.41) is 0. The lowest BCUT2D eigenvalue weighted by Crippen LogP contribution is -2.34. The Hall–Kier alpha value is -1.81. The van der Waals surface area contributed by atoms with Crippen LogP contribution in [0.4, 0.5) is 4.39 Å². The van der Waals surface area contributed by atoms with E-state index in [1.165, 1.54) is 17.2 Å². The molecular formula is C20H22FNOS. The smallest absolute Gasteiger partial charge is 0.233 e. The van der Waals surface area contributed by atoms with Crippen molar-refractivity contribution >= 4 is 17.7 Å². The molecule has 1 fully saturated rings. The third-order valence-electron chi connectivity index (χ3n) is 4.22. The average Bonchev–Trinajstić information content (AvgIpc) is 3.40. The molecule has 24 heavy (non-hydrogen) atoms. The second-order valence-electron chi connectivity index (χ2n) is 6.32. The molecule has 0 spiro atoms. The highest BCUT2D eigenvalue weighted by Gasteiger charge is 2.32. The van der Waals surface area contributed by atoms with Gasteiger partial charge in [-0.2, -0.15) is 0 Å². The summed E-state index contributed by atoms with van der Waals surface area (Å²) >= 11 is 1.62. The van der Waals surface area contributed by atoms with Crippen LogP contribution in [0.2, 0.25) is 0 Å². The molecule has 0 unspecified atom stereocenters. The molecular weight excluding hydrogens is 321 g/mol. The monoisotopic (exact) mass is 343 g/mol. The molecule has 0 aromatic heterocycles. The van der Waals surface area contributed by atoms with Gasteiger partial charge in [0.2, 0.25) is 5.91 Å². The van der Waals surface area contributed by atoms with Crippen LogP contribution in [0.3, 0.4) is 0 Å². The summed E-state index contributed by atoms with van der Waals surface area (Å²) < 4.78 is 13.9. The highest BCUT2D eigenvalue weighted by atomic mass is 32.2. The molecule has 0 bridgehead atoms. The minimum Gasteiger partial charge on any atom is -0.335 e. The van der Waals surface area contributed by atoms with Gasteiger partial charge in [0.1, 0.15) is 5.82 Å². The van der Waals surface area contributed by atoms with Gasteiger partial charge in [-0.3, -0.25) is 4.79 Å². The fraction of sp³-hybridized carbons (Fsp3) is 0.350. The van der Waals surface area contributed by atoms with E-state index in [4.69, 9.17) is 0 Å². The van der Waals surface area contributed by atoms with Crippen LogP contribution >= 0.6 is 11.8 Å². The van der Waals surface area contributed by atoms with Crippen molar-refractivity contribution in [2.75, 3.05) is 5.75 Å². The molecule has 4 heteroatoms. The molecule has 1 aliphatic carbocycles. The number of hydrogen-bond donors (Lipinski definition) is 0. The molecule has 0 N–H and O–H groups in total. The van der Waals surface area contributed by atoms with Crippen molar-refractivity contribution in [3.63, 3.8) is 0 Å². The van der Waals surface area contributed by atoms with Gasteiger partial charge < -0.3 is 4.90 Å². The third kappa shape index (κ3) is 4.60. The molecule has 0 atom stereocenters. The molecule has 0 radical (unpaired) electrons. The SMILES string of the molecule is Cc1ccc(CSCC(=O)N(Cc2ccccc2F)C2CC2)cc1. The molecule has 1 saturated carbocycles. The van der Waals surface area contributed by atoms with Gasteiger partial charge in [0.05, 0.1) is 5.75 Å². The second-order valence-corrected chi connectivity index (χ2v) is 7.31. The van der Waals surface area contributed by atoms with Gasteiger partial charge in [-0.15, -0.1) is 11.8 Å². The van der Waals surface area contributed by atoms with Crippen molar-refractivity contribution in [3.8, 4) is 0 Å². The molecule has 2 nitrogen and oxygen atoms in total. The summed E-state index contributed by atoms with van der Waals surface area (Å²) in [7, 11) is 0. The van der Waals surface area contributed by atoms with Crippen molar-refractivity contribution in [2.24, 2.45) is 0 Å². The molecule has 1 amide bonds. The first-order valence-corrected chi connectivity index (χ1v) is 9.45. The van der Waals surface area contributed by atoms with Gasteiger partial charge in [-0.05, 0) is 31.4 Å². The van der Waals surface area contributed by atoms with Gasteiger partial charge in [0, 0.05) is 23.9 Å². The highest BCUT2D eigenvalue weighted by molar-refractivity contribution is 7.99. The minimum atomic E-state index is -0.233. The summed E-state index contributed by atoms with van der Waals surface area (Å²) in [5.41, 5.74) is 3.07. The topological polar surface area (TPSA) is 20.3 Å². The van der Waals surface area contributed by atoms with E-state index in [1.807, 2.05) is 11.0 Å². The Bertz CT molecular complexity index is 697. The minimum absolute atomic E-state index is 0.109. The van der Waals surface area contributed by atoms with Gasteiger partial charge in [-0.25, -0.2) is 4.39 Å². The Morgan fingerprint density at radius 2 is 1.88 bits per heavy atom. The summed E-state index contributed by atoms with van der Waals surface area (Å²) in [5.74, 6) is 1.14. The van der Waals surface area contributed by atoms with E-state index in [2.05, 4.69) is 31.2 Å². The van der Waals surface area contributed by atoms with E-state index in [-0.39, 0.29) is 17.8 Å². The number of thioether (sulfide) groups is 1. The Balaban J connectivity index is 1.55. The molecule has 0 heterocycles. The Labute approximate surface area is 147 Å². The number of rotatable bonds is 7. The molecule has 2 aromatic rings. The number of hydrogen-bond acceptors (Lipinski definition) is 2. The van der Waals surface area contributed by atoms with E-state index in [0.29, 0.717) is 17.9 Å². The van der Waals surface area contributed by atoms with Crippen molar-refractivity contribution < 1.29 is 9.18 Å². The van der Waals surface area contributed by atoms with Crippen LogP contribution in [0.25, 0.3) is 0 Å².